The van der Waals surface area contributed by atoms with Gasteiger partial charge in [0.2, 0.25) is 0 Å². The molecule has 0 bridgehead atoms. The molecule has 3 aromatic rings. The van der Waals surface area contributed by atoms with Crippen molar-refractivity contribution < 1.29 is 9.53 Å². The zero-order valence-corrected chi connectivity index (χ0v) is 15.6. The molecular weight excluding hydrogens is 360 g/mol. The number of hydrogen-bond acceptors (Lipinski definition) is 5. The van der Waals surface area contributed by atoms with E-state index in [2.05, 4.69) is 15.5 Å². The summed E-state index contributed by atoms with van der Waals surface area (Å²) in [6.45, 7) is 5.82. The second-order valence-corrected chi connectivity index (χ2v) is 6.88. The largest absolute Gasteiger partial charge is 0.483 e. The Kier molecular flexibility index (Phi) is 5.06. The van der Waals surface area contributed by atoms with Crippen molar-refractivity contribution >= 4 is 40.0 Å². The van der Waals surface area contributed by atoms with E-state index in [1.807, 2.05) is 44.5 Å². The number of imidazole rings is 1. The Labute approximate surface area is 154 Å². The Morgan fingerprint density at radius 3 is 2.84 bits per heavy atom. The van der Waals surface area contributed by atoms with Crippen LogP contribution in [0.25, 0.3) is 4.96 Å². The third-order valence-electron chi connectivity index (χ3n) is 3.58. The van der Waals surface area contributed by atoms with E-state index in [1.165, 1.54) is 17.6 Å². The highest BCUT2D eigenvalue weighted by atomic mass is 35.5. The SMILES string of the molecule is Cc1cc(C)c(OCC(=O)N/N=C\c2c(Cl)nc3sccn23)c(C)c1. The number of rotatable bonds is 5. The molecule has 0 spiro atoms. The van der Waals surface area contributed by atoms with Crippen LogP contribution in [0.15, 0.2) is 28.8 Å². The molecule has 2 aromatic heterocycles. The number of carbonyl (C=O) groups is 1. The Bertz CT molecular complexity index is 938. The maximum absolute atomic E-state index is 11.9. The van der Waals surface area contributed by atoms with Crippen molar-refractivity contribution in [1.82, 2.24) is 14.8 Å². The lowest BCUT2D eigenvalue weighted by atomic mass is 10.1. The third-order valence-corrected chi connectivity index (χ3v) is 4.62. The number of hydrazone groups is 1. The number of aryl methyl sites for hydroxylation is 3. The fraction of sp³-hybridized carbons (Fsp3) is 0.235. The second-order valence-electron chi connectivity index (χ2n) is 5.65. The number of ether oxygens (including phenoxy) is 1. The third kappa shape index (κ3) is 3.83. The molecule has 0 saturated carbocycles. The lowest BCUT2D eigenvalue weighted by Crippen LogP contribution is -2.25. The van der Waals surface area contributed by atoms with Crippen molar-refractivity contribution in [2.75, 3.05) is 6.61 Å². The van der Waals surface area contributed by atoms with Gasteiger partial charge in [-0.3, -0.25) is 9.20 Å². The second kappa shape index (κ2) is 7.25. The number of nitrogens with one attached hydrogen (secondary N) is 1. The van der Waals surface area contributed by atoms with Gasteiger partial charge in [-0.2, -0.15) is 5.10 Å². The monoisotopic (exact) mass is 376 g/mol. The summed E-state index contributed by atoms with van der Waals surface area (Å²) >= 11 is 7.53. The molecule has 0 saturated heterocycles. The van der Waals surface area contributed by atoms with Crippen molar-refractivity contribution in [3.05, 3.63) is 51.2 Å². The number of hydrogen-bond donors (Lipinski definition) is 1. The molecule has 0 radical (unpaired) electrons. The maximum atomic E-state index is 11.9. The molecule has 0 fully saturated rings. The van der Waals surface area contributed by atoms with Gasteiger partial charge in [0.05, 0.1) is 6.21 Å². The molecule has 0 unspecified atom stereocenters. The van der Waals surface area contributed by atoms with Crippen LogP contribution in [0.4, 0.5) is 0 Å². The normalized spacial score (nSPS) is 11.4. The number of aromatic nitrogens is 2. The molecule has 1 amide bonds. The molecule has 25 heavy (non-hydrogen) atoms. The molecular formula is C17H17ClN4O2S. The maximum Gasteiger partial charge on any atom is 0.277 e. The van der Waals surface area contributed by atoms with E-state index in [9.17, 15) is 4.79 Å². The Morgan fingerprint density at radius 2 is 2.12 bits per heavy atom. The molecule has 1 aromatic carbocycles. The van der Waals surface area contributed by atoms with Crippen molar-refractivity contribution in [2.24, 2.45) is 5.10 Å². The van der Waals surface area contributed by atoms with Gasteiger partial charge in [0.15, 0.2) is 16.7 Å². The Morgan fingerprint density at radius 1 is 1.40 bits per heavy atom. The highest BCUT2D eigenvalue weighted by Crippen LogP contribution is 2.24. The predicted molar refractivity (Wildman–Crippen MR) is 100.0 cm³/mol. The number of benzene rings is 1. The van der Waals surface area contributed by atoms with Crippen LogP contribution in [0, 0.1) is 20.8 Å². The highest BCUT2D eigenvalue weighted by Gasteiger charge is 2.10. The number of nitrogens with zero attached hydrogens (tertiary/aromatic N) is 3. The van der Waals surface area contributed by atoms with Gasteiger partial charge in [0, 0.05) is 11.6 Å². The van der Waals surface area contributed by atoms with E-state index in [1.54, 1.807) is 4.40 Å². The van der Waals surface area contributed by atoms with Crippen LogP contribution in [0.2, 0.25) is 5.15 Å². The van der Waals surface area contributed by atoms with Crippen LogP contribution in [0.5, 0.6) is 5.75 Å². The first-order valence-electron chi connectivity index (χ1n) is 7.59. The van der Waals surface area contributed by atoms with Gasteiger partial charge in [-0.25, -0.2) is 10.4 Å². The molecule has 130 valence electrons. The molecule has 0 aliphatic carbocycles. The summed E-state index contributed by atoms with van der Waals surface area (Å²) in [7, 11) is 0. The van der Waals surface area contributed by atoms with Crippen LogP contribution >= 0.6 is 22.9 Å². The van der Waals surface area contributed by atoms with Gasteiger partial charge in [0.25, 0.3) is 5.91 Å². The molecule has 3 rings (SSSR count). The van der Waals surface area contributed by atoms with Gasteiger partial charge in [0.1, 0.15) is 11.4 Å². The number of halogens is 1. The van der Waals surface area contributed by atoms with E-state index in [0.29, 0.717) is 10.8 Å². The average molecular weight is 377 g/mol. The number of thiazole rings is 1. The minimum absolute atomic E-state index is 0.115. The smallest absolute Gasteiger partial charge is 0.277 e. The van der Waals surface area contributed by atoms with Gasteiger partial charge in [-0.15, -0.1) is 11.3 Å². The number of amides is 1. The Balaban J connectivity index is 1.60. The minimum atomic E-state index is -0.349. The minimum Gasteiger partial charge on any atom is -0.483 e. The molecule has 1 N–H and O–H groups in total. The van der Waals surface area contributed by atoms with Crippen LogP contribution in [-0.4, -0.2) is 28.1 Å². The summed E-state index contributed by atoms with van der Waals surface area (Å²) in [6.07, 6.45) is 3.31. The van der Waals surface area contributed by atoms with Gasteiger partial charge >= 0.3 is 0 Å². The molecule has 6 nitrogen and oxygen atoms in total. The van der Waals surface area contributed by atoms with Crippen molar-refractivity contribution in [1.29, 1.82) is 0 Å². The highest BCUT2D eigenvalue weighted by molar-refractivity contribution is 7.15. The van der Waals surface area contributed by atoms with E-state index >= 15 is 0 Å². The topological polar surface area (TPSA) is 68.0 Å². The quantitative estimate of drug-likeness (QED) is 0.547. The standard InChI is InChI=1S/C17H17ClN4O2S/c1-10-6-11(2)15(12(3)7-10)24-9-14(23)21-19-8-13-16(18)20-17-22(13)4-5-25-17/h4-8H,9H2,1-3H3,(H,21,23)/b19-8-. The molecule has 0 atom stereocenters. The summed E-state index contributed by atoms with van der Waals surface area (Å²) in [4.78, 5) is 16.9. The number of carbonyl (C=O) groups excluding carboxylic acids is 1. The summed E-state index contributed by atoms with van der Waals surface area (Å²) in [5.41, 5.74) is 6.21. The fourth-order valence-electron chi connectivity index (χ4n) is 2.62. The lowest BCUT2D eigenvalue weighted by Gasteiger charge is -2.12. The first-order valence-corrected chi connectivity index (χ1v) is 8.85. The molecule has 2 heterocycles. The first-order chi connectivity index (χ1) is 12.0. The Hall–Kier alpha value is -2.38. The first kappa shape index (κ1) is 17.4. The summed E-state index contributed by atoms with van der Waals surface area (Å²) in [6, 6.07) is 4.04. The zero-order valence-electron chi connectivity index (χ0n) is 14.0. The van der Waals surface area contributed by atoms with Crippen LogP contribution in [0.1, 0.15) is 22.4 Å². The van der Waals surface area contributed by atoms with Crippen molar-refractivity contribution in [3.63, 3.8) is 0 Å². The lowest BCUT2D eigenvalue weighted by molar-refractivity contribution is -0.123. The number of fused-ring (bicyclic) bond motifs is 1. The van der Waals surface area contributed by atoms with E-state index in [4.69, 9.17) is 16.3 Å². The average Bonchev–Trinajstić information content (AvgIpc) is 3.08. The molecule has 0 aliphatic heterocycles. The van der Waals surface area contributed by atoms with Crippen LogP contribution < -0.4 is 10.2 Å². The van der Waals surface area contributed by atoms with Crippen LogP contribution in [0.3, 0.4) is 0 Å². The summed E-state index contributed by atoms with van der Waals surface area (Å²) in [5.74, 6) is 0.376. The van der Waals surface area contributed by atoms with Crippen LogP contribution in [-0.2, 0) is 4.79 Å². The van der Waals surface area contributed by atoms with Gasteiger partial charge in [-0.1, -0.05) is 29.3 Å². The van der Waals surface area contributed by atoms with Crippen molar-refractivity contribution in [2.45, 2.75) is 20.8 Å². The van der Waals surface area contributed by atoms with Gasteiger partial charge < -0.3 is 4.74 Å². The molecule has 0 aliphatic rings. The van der Waals surface area contributed by atoms with Crippen molar-refractivity contribution in [3.8, 4) is 5.75 Å². The summed E-state index contributed by atoms with van der Waals surface area (Å²) in [5, 5.41) is 6.17. The molecule has 8 heteroatoms. The summed E-state index contributed by atoms with van der Waals surface area (Å²) < 4.78 is 7.43. The predicted octanol–water partition coefficient (Wildman–Crippen LogP) is 3.50. The van der Waals surface area contributed by atoms with Gasteiger partial charge in [-0.05, 0) is 31.9 Å². The van der Waals surface area contributed by atoms with E-state index in [-0.39, 0.29) is 12.5 Å². The van der Waals surface area contributed by atoms with E-state index < -0.39 is 0 Å². The van der Waals surface area contributed by atoms with E-state index in [0.717, 1.165) is 27.4 Å². The zero-order chi connectivity index (χ0) is 18.0. The fourth-order valence-corrected chi connectivity index (χ4v) is 3.61.